The van der Waals surface area contributed by atoms with Gasteiger partial charge in [-0.15, -0.1) is 0 Å². The Kier molecular flexibility index (Phi) is 7.14. The highest BCUT2D eigenvalue weighted by Gasteiger charge is 2.35. The van der Waals surface area contributed by atoms with E-state index in [4.69, 9.17) is 9.47 Å². The molecule has 0 bridgehead atoms. The highest BCUT2D eigenvalue weighted by atomic mass is 16.7. The lowest BCUT2D eigenvalue weighted by Crippen LogP contribution is -2.44. The van der Waals surface area contributed by atoms with E-state index in [0.29, 0.717) is 6.04 Å². The van der Waals surface area contributed by atoms with Gasteiger partial charge < -0.3 is 9.47 Å². The van der Waals surface area contributed by atoms with Crippen LogP contribution in [0.1, 0.15) is 41.0 Å². The fraction of sp³-hybridized carbons (Fsp3) is 1.00. The molecule has 1 aliphatic heterocycles. The molecule has 1 aliphatic rings. The Morgan fingerprint density at radius 3 is 2.00 bits per heavy atom. The summed E-state index contributed by atoms with van der Waals surface area (Å²) in [5, 5.41) is 0. The zero-order valence-electron chi connectivity index (χ0n) is 11.2. The van der Waals surface area contributed by atoms with E-state index >= 15 is 0 Å². The minimum absolute atomic E-state index is 0.334. The van der Waals surface area contributed by atoms with Crippen LogP contribution in [0.15, 0.2) is 0 Å². The molecule has 15 heavy (non-hydrogen) atoms. The van der Waals surface area contributed by atoms with Crippen LogP contribution in [-0.4, -0.2) is 43.5 Å². The first-order valence-corrected chi connectivity index (χ1v) is 6.08. The van der Waals surface area contributed by atoms with Crippen LogP contribution < -0.4 is 0 Å². The van der Waals surface area contributed by atoms with E-state index in [1.807, 2.05) is 13.8 Å². The second kappa shape index (κ2) is 7.20. The van der Waals surface area contributed by atoms with Crippen LogP contribution in [-0.2, 0) is 9.47 Å². The summed E-state index contributed by atoms with van der Waals surface area (Å²) < 4.78 is 11.3. The van der Waals surface area contributed by atoms with Gasteiger partial charge in [-0.25, -0.2) is 0 Å². The van der Waals surface area contributed by atoms with Crippen molar-refractivity contribution in [3.63, 3.8) is 0 Å². The summed E-state index contributed by atoms with van der Waals surface area (Å²) in [6.07, 6.45) is 0.921. The summed E-state index contributed by atoms with van der Waals surface area (Å²) in [5.74, 6) is -0.334. The van der Waals surface area contributed by atoms with Gasteiger partial charge in [0.15, 0.2) is 5.79 Å². The van der Waals surface area contributed by atoms with Crippen LogP contribution in [0.25, 0.3) is 0 Å². The molecule has 1 heterocycles. The lowest BCUT2D eigenvalue weighted by molar-refractivity contribution is -0.172. The Labute approximate surface area is 94.7 Å². The Morgan fingerprint density at radius 2 is 1.67 bits per heavy atom. The molecule has 0 radical (unpaired) electrons. The maximum Gasteiger partial charge on any atom is 0.180 e. The highest BCUT2D eigenvalue weighted by molar-refractivity contribution is 4.77. The average molecular weight is 217 g/mol. The van der Waals surface area contributed by atoms with Gasteiger partial charge in [0.1, 0.15) is 0 Å². The van der Waals surface area contributed by atoms with Crippen LogP contribution >= 0.6 is 0 Å². The lowest BCUT2D eigenvalue weighted by atomic mass is 10.2. The molecule has 0 spiro atoms. The molecule has 0 unspecified atom stereocenters. The number of rotatable bonds is 4. The van der Waals surface area contributed by atoms with E-state index < -0.39 is 0 Å². The van der Waals surface area contributed by atoms with Gasteiger partial charge in [0.25, 0.3) is 0 Å². The summed E-state index contributed by atoms with van der Waals surface area (Å²) in [6, 6.07) is 0.538. The molecule has 3 heteroatoms. The van der Waals surface area contributed by atoms with Crippen molar-refractivity contribution >= 4 is 0 Å². The molecule has 1 fully saturated rings. The summed E-state index contributed by atoms with van der Waals surface area (Å²) >= 11 is 0. The van der Waals surface area contributed by atoms with Crippen molar-refractivity contribution < 1.29 is 9.47 Å². The highest BCUT2D eigenvalue weighted by Crippen LogP contribution is 2.24. The summed E-state index contributed by atoms with van der Waals surface area (Å²) in [4.78, 5) is 2.26. The number of ether oxygens (including phenoxy) is 2. The van der Waals surface area contributed by atoms with Gasteiger partial charge in [-0.05, 0) is 27.3 Å². The summed E-state index contributed by atoms with van der Waals surface area (Å²) in [7, 11) is 2.10. The van der Waals surface area contributed by atoms with E-state index in [1.54, 1.807) is 0 Å². The monoisotopic (exact) mass is 217 g/mol. The summed E-state index contributed by atoms with van der Waals surface area (Å²) in [5.41, 5.74) is 0. The van der Waals surface area contributed by atoms with Crippen LogP contribution in [0, 0.1) is 0 Å². The molecular formula is C12H27NO2. The van der Waals surface area contributed by atoms with Gasteiger partial charge in [0.2, 0.25) is 0 Å². The largest absolute Gasteiger partial charge is 0.346 e. The third-order valence-electron chi connectivity index (χ3n) is 2.72. The van der Waals surface area contributed by atoms with Crippen molar-refractivity contribution in [2.75, 3.05) is 26.8 Å². The molecule has 0 saturated carbocycles. The van der Waals surface area contributed by atoms with Crippen molar-refractivity contribution in [2.24, 2.45) is 0 Å². The van der Waals surface area contributed by atoms with E-state index in [2.05, 4.69) is 32.7 Å². The van der Waals surface area contributed by atoms with E-state index in [1.165, 1.54) is 0 Å². The molecule has 1 saturated heterocycles. The first kappa shape index (κ1) is 14.9. The Balaban J connectivity index is 0.000000921. The predicted molar refractivity (Wildman–Crippen MR) is 64.0 cm³/mol. The van der Waals surface area contributed by atoms with Crippen LogP contribution in [0.4, 0.5) is 0 Å². The van der Waals surface area contributed by atoms with Gasteiger partial charge in [-0.3, -0.25) is 4.90 Å². The predicted octanol–water partition coefficient (Wildman–Crippen LogP) is 2.51. The first-order valence-electron chi connectivity index (χ1n) is 6.08. The minimum atomic E-state index is -0.334. The van der Waals surface area contributed by atoms with Crippen molar-refractivity contribution in [3.05, 3.63) is 0 Å². The van der Waals surface area contributed by atoms with Crippen molar-refractivity contribution in [1.82, 2.24) is 4.90 Å². The third kappa shape index (κ3) is 4.49. The number of likely N-dealkylation sites (N-methyl/N-ethyl adjacent to an activating group) is 1. The Hall–Kier alpha value is -0.120. The summed E-state index contributed by atoms with van der Waals surface area (Å²) in [6.45, 7) is 12.8. The Bertz CT molecular complexity index is 154. The fourth-order valence-electron chi connectivity index (χ4n) is 1.47. The molecule has 0 amide bonds. The van der Waals surface area contributed by atoms with Gasteiger partial charge in [-0.1, -0.05) is 20.8 Å². The molecule has 0 atom stereocenters. The lowest BCUT2D eigenvalue weighted by Gasteiger charge is -2.32. The smallest absolute Gasteiger partial charge is 0.180 e. The van der Waals surface area contributed by atoms with Crippen LogP contribution in [0.3, 0.4) is 0 Å². The fourth-order valence-corrected chi connectivity index (χ4v) is 1.47. The second-order valence-corrected chi connectivity index (χ2v) is 3.97. The first-order chi connectivity index (χ1) is 7.09. The van der Waals surface area contributed by atoms with Crippen molar-refractivity contribution in [1.29, 1.82) is 0 Å². The van der Waals surface area contributed by atoms with Crippen LogP contribution in [0.5, 0.6) is 0 Å². The molecule has 3 nitrogen and oxygen atoms in total. The van der Waals surface area contributed by atoms with E-state index in [0.717, 1.165) is 26.2 Å². The number of hydrogen-bond acceptors (Lipinski definition) is 3. The molecule has 0 N–H and O–H groups in total. The SMILES string of the molecule is CC.CCC1(CN(C)C(C)C)OCCO1. The molecule has 92 valence electrons. The van der Waals surface area contributed by atoms with Gasteiger partial charge >= 0.3 is 0 Å². The van der Waals surface area contributed by atoms with Gasteiger partial charge in [0, 0.05) is 6.04 Å². The number of nitrogens with zero attached hydrogens (tertiary/aromatic N) is 1. The molecular weight excluding hydrogens is 190 g/mol. The molecule has 0 aromatic carbocycles. The molecule has 0 aromatic rings. The van der Waals surface area contributed by atoms with E-state index in [-0.39, 0.29) is 5.79 Å². The maximum atomic E-state index is 5.65. The normalized spacial score (nSPS) is 19.2. The number of hydrogen-bond donors (Lipinski definition) is 0. The van der Waals surface area contributed by atoms with Crippen molar-refractivity contribution in [2.45, 2.75) is 52.9 Å². The maximum absolute atomic E-state index is 5.65. The standard InChI is InChI=1S/C10H21NO2.C2H6/c1-5-10(12-6-7-13-10)8-11(4)9(2)3;1-2/h9H,5-8H2,1-4H3;1-2H3. The van der Waals surface area contributed by atoms with Gasteiger partial charge in [0.05, 0.1) is 19.8 Å². The molecule has 0 aromatic heterocycles. The second-order valence-electron chi connectivity index (χ2n) is 3.97. The zero-order valence-corrected chi connectivity index (χ0v) is 11.2. The zero-order chi connectivity index (χ0) is 11.9. The molecule has 1 rings (SSSR count). The minimum Gasteiger partial charge on any atom is -0.346 e. The Morgan fingerprint density at radius 1 is 1.20 bits per heavy atom. The molecule has 0 aliphatic carbocycles. The topological polar surface area (TPSA) is 21.7 Å². The quantitative estimate of drug-likeness (QED) is 0.722. The van der Waals surface area contributed by atoms with Gasteiger partial charge in [-0.2, -0.15) is 0 Å². The third-order valence-corrected chi connectivity index (χ3v) is 2.72. The van der Waals surface area contributed by atoms with Crippen LogP contribution in [0.2, 0.25) is 0 Å². The van der Waals surface area contributed by atoms with E-state index in [9.17, 15) is 0 Å². The van der Waals surface area contributed by atoms with Crippen molar-refractivity contribution in [3.8, 4) is 0 Å². The average Bonchev–Trinajstić information content (AvgIpc) is 2.70.